The van der Waals surface area contributed by atoms with Gasteiger partial charge < -0.3 is 10.1 Å². The number of halogens is 3. The molecule has 6 heteroatoms. The highest BCUT2D eigenvalue weighted by atomic mass is 19.4. The molecule has 1 aliphatic rings. The standard InChI is InChI=1S/C12H12F3NO2/c1-18-11(17)8-6-16-10(8)7-4-2-3-5-9(7)12(13,14)15/h2-5,8,10,16H,6H2,1H3. The fourth-order valence-corrected chi connectivity index (χ4v) is 2.08. The van der Waals surface area contributed by atoms with Gasteiger partial charge in [-0.1, -0.05) is 18.2 Å². The van der Waals surface area contributed by atoms with Crippen LogP contribution in [-0.4, -0.2) is 19.6 Å². The van der Waals surface area contributed by atoms with Crippen molar-refractivity contribution in [3.8, 4) is 0 Å². The molecule has 1 fully saturated rings. The number of ether oxygens (including phenoxy) is 1. The first-order valence-electron chi connectivity index (χ1n) is 5.42. The molecule has 1 aromatic rings. The number of rotatable bonds is 2. The monoisotopic (exact) mass is 259 g/mol. The summed E-state index contributed by atoms with van der Waals surface area (Å²) in [5.74, 6) is -1.05. The number of benzene rings is 1. The van der Waals surface area contributed by atoms with Crippen molar-refractivity contribution in [3.05, 3.63) is 35.4 Å². The summed E-state index contributed by atoms with van der Waals surface area (Å²) in [5.41, 5.74) is -0.622. The van der Waals surface area contributed by atoms with Crippen molar-refractivity contribution in [1.29, 1.82) is 0 Å². The Hall–Kier alpha value is -1.56. The van der Waals surface area contributed by atoms with E-state index in [1.165, 1.54) is 25.3 Å². The lowest BCUT2D eigenvalue weighted by Crippen LogP contribution is -2.50. The Labute approximate surface area is 102 Å². The minimum absolute atomic E-state index is 0.0895. The second-order valence-electron chi connectivity index (χ2n) is 4.10. The summed E-state index contributed by atoms with van der Waals surface area (Å²) in [7, 11) is 1.23. The predicted molar refractivity (Wildman–Crippen MR) is 57.7 cm³/mol. The van der Waals surface area contributed by atoms with E-state index in [0.717, 1.165) is 6.07 Å². The number of esters is 1. The van der Waals surface area contributed by atoms with Crippen molar-refractivity contribution >= 4 is 5.97 Å². The third kappa shape index (κ3) is 2.20. The van der Waals surface area contributed by atoms with Crippen LogP contribution in [0.3, 0.4) is 0 Å². The smallest absolute Gasteiger partial charge is 0.416 e. The Kier molecular flexibility index (Phi) is 3.30. The number of alkyl halides is 3. The van der Waals surface area contributed by atoms with E-state index >= 15 is 0 Å². The molecular formula is C12H12F3NO2. The van der Waals surface area contributed by atoms with Crippen LogP contribution in [0.5, 0.6) is 0 Å². The Morgan fingerprint density at radius 1 is 1.39 bits per heavy atom. The molecule has 0 aliphatic carbocycles. The van der Waals surface area contributed by atoms with Crippen LogP contribution in [0.4, 0.5) is 13.2 Å². The van der Waals surface area contributed by atoms with Gasteiger partial charge in [0.15, 0.2) is 0 Å². The fraction of sp³-hybridized carbons (Fsp3) is 0.417. The van der Waals surface area contributed by atoms with Gasteiger partial charge >= 0.3 is 12.1 Å². The zero-order valence-electron chi connectivity index (χ0n) is 9.62. The van der Waals surface area contributed by atoms with E-state index in [1.54, 1.807) is 0 Å². The molecular weight excluding hydrogens is 247 g/mol. The molecule has 0 radical (unpaired) electrons. The highest BCUT2D eigenvalue weighted by Crippen LogP contribution is 2.39. The molecule has 0 saturated carbocycles. The maximum atomic E-state index is 12.8. The molecule has 18 heavy (non-hydrogen) atoms. The molecule has 1 aliphatic heterocycles. The Morgan fingerprint density at radius 3 is 2.56 bits per heavy atom. The van der Waals surface area contributed by atoms with Crippen LogP contribution in [0, 0.1) is 5.92 Å². The van der Waals surface area contributed by atoms with Crippen LogP contribution in [0.15, 0.2) is 24.3 Å². The molecule has 1 aromatic carbocycles. The van der Waals surface area contributed by atoms with Crippen LogP contribution in [-0.2, 0) is 15.7 Å². The van der Waals surface area contributed by atoms with Gasteiger partial charge in [-0.25, -0.2) is 0 Å². The Bertz CT molecular complexity index is 459. The summed E-state index contributed by atoms with van der Waals surface area (Å²) in [4.78, 5) is 11.4. The Balaban J connectivity index is 2.32. The van der Waals surface area contributed by atoms with Crippen LogP contribution in [0.1, 0.15) is 17.2 Å². The van der Waals surface area contributed by atoms with Crippen molar-refractivity contribution in [3.63, 3.8) is 0 Å². The molecule has 0 amide bonds. The average molecular weight is 259 g/mol. The average Bonchev–Trinajstić information content (AvgIpc) is 2.26. The molecule has 2 atom stereocenters. The van der Waals surface area contributed by atoms with E-state index in [-0.39, 0.29) is 5.56 Å². The van der Waals surface area contributed by atoms with Crippen LogP contribution in [0.2, 0.25) is 0 Å². The second-order valence-corrected chi connectivity index (χ2v) is 4.10. The van der Waals surface area contributed by atoms with Gasteiger partial charge in [0.25, 0.3) is 0 Å². The lowest BCUT2D eigenvalue weighted by atomic mass is 9.84. The molecule has 98 valence electrons. The SMILES string of the molecule is COC(=O)C1CNC1c1ccccc1C(F)(F)F. The number of nitrogens with one attached hydrogen (secondary N) is 1. The number of carbonyl (C=O) groups is 1. The van der Waals surface area contributed by atoms with Crippen molar-refractivity contribution < 1.29 is 22.7 Å². The van der Waals surface area contributed by atoms with Crippen LogP contribution < -0.4 is 5.32 Å². The fourth-order valence-electron chi connectivity index (χ4n) is 2.08. The van der Waals surface area contributed by atoms with E-state index < -0.39 is 29.7 Å². The molecule has 2 unspecified atom stereocenters. The summed E-state index contributed by atoms with van der Waals surface area (Å²) < 4.78 is 43.1. The van der Waals surface area contributed by atoms with Gasteiger partial charge in [-0.3, -0.25) is 4.79 Å². The zero-order valence-corrected chi connectivity index (χ0v) is 9.62. The minimum Gasteiger partial charge on any atom is -0.469 e. The van der Waals surface area contributed by atoms with E-state index in [1.807, 2.05) is 0 Å². The predicted octanol–water partition coefficient (Wildman–Crippen LogP) is 2.14. The quantitative estimate of drug-likeness (QED) is 0.827. The van der Waals surface area contributed by atoms with E-state index in [4.69, 9.17) is 0 Å². The van der Waals surface area contributed by atoms with Gasteiger partial charge in [0.1, 0.15) is 0 Å². The largest absolute Gasteiger partial charge is 0.469 e. The van der Waals surface area contributed by atoms with Crippen molar-refractivity contribution in [2.24, 2.45) is 5.92 Å². The van der Waals surface area contributed by atoms with Crippen molar-refractivity contribution in [2.45, 2.75) is 12.2 Å². The third-order valence-corrected chi connectivity index (χ3v) is 3.07. The zero-order chi connectivity index (χ0) is 13.3. The summed E-state index contributed by atoms with van der Waals surface area (Å²) in [6, 6.07) is 4.63. The summed E-state index contributed by atoms with van der Waals surface area (Å²) in [6.07, 6.45) is -4.42. The second kappa shape index (κ2) is 4.61. The molecule has 1 heterocycles. The normalized spacial score (nSPS) is 23.3. The lowest BCUT2D eigenvalue weighted by molar-refractivity contribution is -0.150. The van der Waals surface area contributed by atoms with Crippen LogP contribution >= 0.6 is 0 Å². The first kappa shape index (κ1) is 12.9. The number of hydrogen-bond acceptors (Lipinski definition) is 3. The third-order valence-electron chi connectivity index (χ3n) is 3.07. The number of carbonyl (C=O) groups excluding carboxylic acids is 1. The van der Waals surface area contributed by atoms with Gasteiger partial charge in [-0.15, -0.1) is 0 Å². The number of hydrogen-bond donors (Lipinski definition) is 1. The molecule has 0 bridgehead atoms. The van der Waals surface area contributed by atoms with E-state index in [2.05, 4.69) is 10.1 Å². The number of methoxy groups -OCH3 is 1. The summed E-state index contributed by atoms with van der Waals surface area (Å²) in [6.45, 7) is 0.337. The van der Waals surface area contributed by atoms with Gasteiger partial charge in [0.05, 0.1) is 18.6 Å². The first-order valence-corrected chi connectivity index (χ1v) is 5.42. The van der Waals surface area contributed by atoms with Crippen molar-refractivity contribution in [1.82, 2.24) is 5.32 Å². The van der Waals surface area contributed by atoms with Crippen molar-refractivity contribution in [2.75, 3.05) is 13.7 Å². The topological polar surface area (TPSA) is 38.3 Å². The van der Waals surface area contributed by atoms with E-state index in [0.29, 0.717) is 6.54 Å². The van der Waals surface area contributed by atoms with Gasteiger partial charge in [-0.2, -0.15) is 13.2 Å². The summed E-state index contributed by atoms with van der Waals surface area (Å²) >= 11 is 0. The molecule has 0 spiro atoms. The molecule has 3 nitrogen and oxygen atoms in total. The van der Waals surface area contributed by atoms with E-state index in [9.17, 15) is 18.0 Å². The maximum Gasteiger partial charge on any atom is 0.416 e. The first-order chi connectivity index (χ1) is 8.45. The van der Waals surface area contributed by atoms with Gasteiger partial charge in [-0.05, 0) is 11.6 Å². The van der Waals surface area contributed by atoms with Gasteiger partial charge in [0, 0.05) is 12.6 Å². The molecule has 2 rings (SSSR count). The highest BCUT2D eigenvalue weighted by Gasteiger charge is 2.43. The highest BCUT2D eigenvalue weighted by molar-refractivity contribution is 5.75. The maximum absolute atomic E-state index is 12.8. The Morgan fingerprint density at radius 2 is 2.06 bits per heavy atom. The lowest BCUT2D eigenvalue weighted by Gasteiger charge is -2.37. The molecule has 0 aromatic heterocycles. The minimum atomic E-state index is -4.42. The van der Waals surface area contributed by atoms with Gasteiger partial charge in [0.2, 0.25) is 0 Å². The van der Waals surface area contributed by atoms with Crippen LogP contribution in [0.25, 0.3) is 0 Å². The molecule has 1 N–H and O–H groups in total. The summed E-state index contributed by atoms with van der Waals surface area (Å²) in [5, 5.41) is 2.84. The molecule has 1 saturated heterocycles.